The summed E-state index contributed by atoms with van der Waals surface area (Å²) in [7, 11) is -3.26. The number of rotatable bonds is 6. The Kier molecular flexibility index (Phi) is 5.93. The van der Waals surface area contributed by atoms with Gasteiger partial charge in [0.1, 0.15) is 5.82 Å². The van der Waals surface area contributed by atoms with Gasteiger partial charge in [0, 0.05) is 19.0 Å². The maximum absolute atomic E-state index is 13.5. The van der Waals surface area contributed by atoms with Gasteiger partial charge in [-0.2, -0.15) is 0 Å². The lowest BCUT2D eigenvalue weighted by molar-refractivity contribution is -0.116. The first-order valence-electron chi connectivity index (χ1n) is 7.86. The van der Waals surface area contributed by atoms with Crippen LogP contribution in [0.15, 0.2) is 18.2 Å². The zero-order valence-electron chi connectivity index (χ0n) is 13.5. The zero-order valence-corrected chi connectivity index (χ0v) is 14.3. The molecule has 2 amide bonds. The number of anilines is 2. The van der Waals surface area contributed by atoms with Gasteiger partial charge in [-0.25, -0.2) is 12.8 Å². The predicted octanol–water partition coefficient (Wildman–Crippen LogP) is 2.47. The number of carbonyl (C=O) groups is 2. The second-order valence-corrected chi connectivity index (χ2v) is 8.35. The molecule has 24 heavy (non-hydrogen) atoms. The van der Waals surface area contributed by atoms with Crippen LogP contribution in [0.1, 0.15) is 39.0 Å². The monoisotopic (exact) mass is 356 g/mol. The fourth-order valence-corrected chi connectivity index (χ4v) is 4.62. The van der Waals surface area contributed by atoms with Crippen molar-refractivity contribution in [1.29, 1.82) is 0 Å². The Bertz CT molecular complexity index is 728. The zero-order chi connectivity index (χ0) is 17.7. The predicted molar refractivity (Wildman–Crippen MR) is 90.0 cm³/mol. The van der Waals surface area contributed by atoms with Crippen LogP contribution < -0.4 is 10.6 Å². The van der Waals surface area contributed by atoms with Crippen LogP contribution in [-0.4, -0.2) is 31.2 Å². The number of carbonyl (C=O) groups excluding carboxylic acids is 2. The third kappa shape index (κ3) is 5.02. The molecule has 1 aliphatic carbocycles. The molecule has 0 radical (unpaired) electrons. The summed E-state index contributed by atoms with van der Waals surface area (Å²) in [5.41, 5.74) is 0.252. The molecule has 0 atom stereocenters. The van der Waals surface area contributed by atoms with Gasteiger partial charge in [0.2, 0.25) is 11.8 Å². The fraction of sp³-hybridized carbons (Fsp3) is 0.500. The number of benzene rings is 1. The van der Waals surface area contributed by atoms with Gasteiger partial charge in [-0.05, 0) is 31.0 Å². The summed E-state index contributed by atoms with van der Waals surface area (Å²) in [6.07, 6.45) is 3.02. The van der Waals surface area contributed by atoms with Gasteiger partial charge >= 0.3 is 0 Å². The molecule has 0 heterocycles. The fourth-order valence-electron chi connectivity index (χ4n) is 2.76. The van der Waals surface area contributed by atoms with E-state index in [1.807, 2.05) is 0 Å². The minimum atomic E-state index is -3.26. The first kappa shape index (κ1) is 18.4. The van der Waals surface area contributed by atoms with E-state index >= 15 is 0 Å². The quantitative estimate of drug-likeness (QED) is 0.819. The number of sulfone groups is 1. The molecule has 0 aliphatic heterocycles. The molecule has 132 valence electrons. The minimum absolute atomic E-state index is 0.0427. The van der Waals surface area contributed by atoms with E-state index in [-0.39, 0.29) is 23.1 Å². The SMILES string of the molecule is CC(=O)Nc1cc(NC(=O)CCS(=O)(=O)C2CCCC2)ccc1F. The molecule has 0 saturated heterocycles. The standard InChI is InChI=1S/C16H21FN2O4S/c1-11(20)18-15-10-12(6-7-14(15)17)19-16(21)8-9-24(22,23)13-4-2-3-5-13/h6-7,10,13H,2-5,8-9H2,1H3,(H,18,20)(H,19,21). The van der Waals surface area contributed by atoms with Crippen LogP contribution in [0.3, 0.4) is 0 Å². The summed E-state index contributed by atoms with van der Waals surface area (Å²) in [6.45, 7) is 1.25. The van der Waals surface area contributed by atoms with Crippen molar-refractivity contribution in [3.05, 3.63) is 24.0 Å². The van der Waals surface area contributed by atoms with E-state index in [0.717, 1.165) is 18.9 Å². The second-order valence-electron chi connectivity index (χ2n) is 5.95. The molecule has 1 saturated carbocycles. The van der Waals surface area contributed by atoms with Gasteiger partial charge in [0.25, 0.3) is 0 Å². The third-order valence-corrected chi connectivity index (χ3v) is 6.24. The maximum atomic E-state index is 13.5. The average molecular weight is 356 g/mol. The van der Waals surface area contributed by atoms with Crippen molar-refractivity contribution < 1.29 is 22.4 Å². The van der Waals surface area contributed by atoms with Crippen molar-refractivity contribution in [2.45, 2.75) is 44.3 Å². The van der Waals surface area contributed by atoms with Crippen LogP contribution in [0.2, 0.25) is 0 Å². The summed E-state index contributed by atoms with van der Waals surface area (Å²) >= 11 is 0. The van der Waals surface area contributed by atoms with Crippen molar-refractivity contribution >= 4 is 33.0 Å². The Hall–Kier alpha value is -1.96. The number of amides is 2. The summed E-state index contributed by atoms with van der Waals surface area (Å²) in [5.74, 6) is -1.70. The van der Waals surface area contributed by atoms with Gasteiger partial charge in [-0.1, -0.05) is 12.8 Å². The van der Waals surface area contributed by atoms with Gasteiger partial charge in [0.05, 0.1) is 16.7 Å². The Labute approximate surface area is 140 Å². The Balaban J connectivity index is 1.93. The van der Waals surface area contributed by atoms with E-state index in [4.69, 9.17) is 0 Å². The first-order chi connectivity index (χ1) is 11.3. The molecular weight excluding hydrogens is 335 g/mol. The molecule has 1 aliphatic rings. The number of hydrogen-bond acceptors (Lipinski definition) is 4. The summed E-state index contributed by atoms with van der Waals surface area (Å²) < 4.78 is 37.8. The van der Waals surface area contributed by atoms with E-state index in [9.17, 15) is 22.4 Å². The van der Waals surface area contributed by atoms with Crippen molar-refractivity contribution in [3.63, 3.8) is 0 Å². The molecule has 0 spiro atoms. The largest absolute Gasteiger partial charge is 0.326 e. The molecule has 2 rings (SSSR count). The van der Waals surface area contributed by atoms with Crippen LogP contribution in [0.25, 0.3) is 0 Å². The average Bonchev–Trinajstić information content (AvgIpc) is 3.03. The smallest absolute Gasteiger partial charge is 0.225 e. The van der Waals surface area contributed by atoms with Gasteiger partial charge in [-0.3, -0.25) is 9.59 Å². The summed E-state index contributed by atoms with van der Waals surface area (Å²) in [5, 5.41) is 4.51. The van der Waals surface area contributed by atoms with Crippen LogP contribution in [-0.2, 0) is 19.4 Å². The third-order valence-electron chi connectivity index (χ3n) is 3.98. The van der Waals surface area contributed by atoms with Gasteiger partial charge < -0.3 is 10.6 Å². The van der Waals surface area contributed by atoms with E-state index in [0.29, 0.717) is 18.5 Å². The molecule has 1 aromatic rings. The van der Waals surface area contributed by atoms with Crippen LogP contribution in [0.5, 0.6) is 0 Å². The Morgan fingerprint density at radius 2 is 1.88 bits per heavy atom. The van der Waals surface area contributed by atoms with Crippen LogP contribution in [0.4, 0.5) is 15.8 Å². The van der Waals surface area contributed by atoms with Crippen LogP contribution in [0, 0.1) is 5.82 Å². The molecule has 1 aromatic carbocycles. The Morgan fingerprint density at radius 1 is 1.21 bits per heavy atom. The highest BCUT2D eigenvalue weighted by atomic mass is 32.2. The highest BCUT2D eigenvalue weighted by Crippen LogP contribution is 2.25. The maximum Gasteiger partial charge on any atom is 0.225 e. The van der Waals surface area contributed by atoms with E-state index in [2.05, 4.69) is 10.6 Å². The molecule has 6 nitrogen and oxygen atoms in total. The second kappa shape index (κ2) is 7.74. The molecule has 2 N–H and O–H groups in total. The summed E-state index contributed by atoms with van der Waals surface area (Å²) in [6, 6.07) is 3.76. The van der Waals surface area contributed by atoms with E-state index in [1.54, 1.807) is 0 Å². The van der Waals surface area contributed by atoms with Crippen molar-refractivity contribution in [3.8, 4) is 0 Å². The lowest BCUT2D eigenvalue weighted by Crippen LogP contribution is -2.24. The number of hydrogen-bond donors (Lipinski definition) is 2. The molecular formula is C16H21FN2O4S. The van der Waals surface area contributed by atoms with Crippen molar-refractivity contribution in [1.82, 2.24) is 0 Å². The molecule has 8 heteroatoms. The van der Waals surface area contributed by atoms with Gasteiger partial charge in [0.15, 0.2) is 9.84 Å². The van der Waals surface area contributed by atoms with Crippen molar-refractivity contribution in [2.24, 2.45) is 0 Å². The molecule has 0 aromatic heterocycles. The molecule has 1 fully saturated rings. The molecule has 0 unspecified atom stereocenters. The first-order valence-corrected chi connectivity index (χ1v) is 9.58. The number of halogens is 1. The lowest BCUT2D eigenvalue weighted by Gasteiger charge is -2.11. The molecule has 0 bridgehead atoms. The Morgan fingerprint density at radius 3 is 2.50 bits per heavy atom. The normalized spacial score (nSPS) is 15.2. The topological polar surface area (TPSA) is 92.3 Å². The highest BCUT2D eigenvalue weighted by molar-refractivity contribution is 7.92. The van der Waals surface area contributed by atoms with Gasteiger partial charge in [-0.15, -0.1) is 0 Å². The van der Waals surface area contributed by atoms with E-state index < -0.39 is 27.5 Å². The van der Waals surface area contributed by atoms with Crippen molar-refractivity contribution in [2.75, 3.05) is 16.4 Å². The number of nitrogens with one attached hydrogen (secondary N) is 2. The lowest BCUT2D eigenvalue weighted by atomic mass is 10.2. The highest BCUT2D eigenvalue weighted by Gasteiger charge is 2.28. The minimum Gasteiger partial charge on any atom is -0.326 e. The van der Waals surface area contributed by atoms with Crippen LogP contribution >= 0.6 is 0 Å². The van der Waals surface area contributed by atoms with E-state index in [1.165, 1.54) is 19.1 Å². The summed E-state index contributed by atoms with van der Waals surface area (Å²) in [4.78, 5) is 22.9.